The molecule has 2 aromatic carbocycles. The Labute approximate surface area is 217 Å². The summed E-state index contributed by atoms with van der Waals surface area (Å²) in [5, 5.41) is 13.5. The number of ether oxygens (including phenoxy) is 1. The van der Waals surface area contributed by atoms with Crippen LogP contribution < -0.4 is 25.8 Å². The van der Waals surface area contributed by atoms with Crippen molar-refractivity contribution in [2.24, 2.45) is 5.92 Å². The first-order valence-electron chi connectivity index (χ1n) is 12.7. The van der Waals surface area contributed by atoms with E-state index in [1.54, 1.807) is 7.11 Å². The molecule has 0 saturated heterocycles. The van der Waals surface area contributed by atoms with Crippen LogP contribution in [0, 0.1) is 5.92 Å². The molecule has 0 radical (unpaired) electrons. The molecule has 0 aliphatic carbocycles. The van der Waals surface area contributed by atoms with Gasteiger partial charge in [0.1, 0.15) is 5.75 Å². The Balaban J connectivity index is 1.55. The van der Waals surface area contributed by atoms with Gasteiger partial charge in [0.05, 0.1) is 37.1 Å². The molecule has 2 aromatic rings. The average molecular weight is 512 g/mol. The number of para-hydroxylation sites is 2. The molecule has 1 unspecified atom stereocenters. The molecule has 0 fully saturated rings. The van der Waals surface area contributed by atoms with Gasteiger partial charge in [0.2, 0.25) is 18.2 Å². The number of unbranched alkanes of at least 4 members (excludes halogenated alkanes) is 2. The van der Waals surface area contributed by atoms with Gasteiger partial charge in [-0.25, -0.2) is 5.06 Å². The van der Waals surface area contributed by atoms with Crippen LogP contribution >= 0.6 is 0 Å². The second-order valence-corrected chi connectivity index (χ2v) is 9.15. The molecule has 3 rings (SSSR count). The first-order valence-corrected chi connectivity index (χ1v) is 12.7. The Kier molecular flexibility index (Phi) is 10.6. The van der Waals surface area contributed by atoms with Gasteiger partial charge < -0.3 is 15.0 Å². The third kappa shape index (κ3) is 8.11. The minimum atomic E-state index is -0.618. The molecule has 1 aliphatic rings. The number of fused-ring (bicyclic) bond motifs is 1. The number of benzene rings is 2. The SMILES string of the molecule is CCCCC[C@H](CN(O)C=O)C(=O)NNC(=O)CCC1Nc2ccccc2N1Cc1ccc(OC)cc1. The zero-order chi connectivity index (χ0) is 26.6. The van der Waals surface area contributed by atoms with Gasteiger partial charge in [-0.1, -0.05) is 50.5 Å². The summed E-state index contributed by atoms with van der Waals surface area (Å²) in [5.41, 5.74) is 8.12. The summed E-state index contributed by atoms with van der Waals surface area (Å²) in [4.78, 5) is 38.2. The molecule has 4 N–H and O–H groups in total. The van der Waals surface area contributed by atoms with Crippen molar-refractivity contribution in [2.75, 3.05) is 23.9 Å². The number of hydroxylamine groups is 2. The van der Waals surface area contributed by atoms with Crippen LogP contribution in [0.4, 0.5) is 11.4 Å². The van der Waals surface area contributed by atoms with Gasteiger partial charge in [-0.3, -0.25) is 30.4 Å². The molecular weight excluding hydrogens is 474 g/mol. The van der Waals surface area contributed by atoms with Crippen molar-refractivity contribution in [3.8, 4) is 5.75 Å². The van der Waals surface area contributed by atoms with Gasteiger partial charge in [-0.05, 0) is 42.7 Å². The first-order chi connectivity index (χ1) is 17.9. The number of methoxy groups -OCH3 is 1. The second kappa shape index (κ2) is 14.1. The summed E-state index contributed by atoms with van der Waals surface area (Å²) in [5.74, 6) is -0.575. The Hall–Kier alpha value is -3.79. The van der Waals surface area contributed by atoms with E-state index in [0.717, 1.165) is 42.0 Å². The lowest BCUT2D eigenvalue weighted by Crippen LogP contribution is -2.47. The molecule has 0 bridgehead atoms. The first kappa shape index (κ1) is 27.8. The van der Waals surface area contributed by atoms with Crippen LogP contribution in [0.25, 0.3) is 0 Å². The largest absolute Gasteiger partial charge is 0.497 e. The quantitative estimate of drug-likeness (QED) is 0.133. The van der Waals surface area contributed by atoms with Crippen LogP contribution in [-0.4, -0.2) is 48.3 Å². The Morgan fingerprint density at radius 3 is 2.62 bits per heavy atom. The van der Waals surface area contributed by atoms with Crippen molar-refractivity contribution in [1.29, 1.82) is 0 Å². The number of hydrogen-bond donors (Lipinski definition) is 4. The van der Waals surface area contributed by atoms with Crippen molar-refractivity contribution in [2.45, 2.75) is 58.2 Å². The number of rotatable bonds is 14. The van der Waals surface area contributed by atoms with E-state index >= 15 is 0 Å². The van der Waals surface area contributed by atoms with Crippen LogP contribution in [-0.2, 0) is 20.9 Å². The van der Waals surface area contributed by atoms with Gasteiger partial charge >= 0.3 is 0 Å². The lowest BCUT2D eigenvalue weighted by molar-refractivity contribution is -0.155. The number of hydrazine groups is 1. The zero-order valence-corrected chi connectivity index (χ0v) is 21.5. The molecule has 1 aliphatic heterocycles. The molecule has 0 aromatic heterocycles. The normalized spacial score (nSPS) is 14.8. The number of hydrogen-bond acceptors (Lipinski definition) is 7. The summed E-state index contributed by atoms with van der Waals surface area (Å²) in [7, 11) is 1.64. The maximum Gasteiger partial charge on any atom is 0.243 e. The highest BCUT2D eigenvalue weighted by atomic mass is 16.5. The molecule has 10 heteroatoms. The summed E-state index contributed by atoms with van der Waals surface area (Å²) in [6.45, 7) is 2.58. The highest BCUT2D eigenvalue weighted by Gasteiger charge is 2.29. The predicted octanol–water partition coefficient (Wildman–Crippen LogP) is 3.43. The highest BCUT2D eigenvalue weighted by Crippen LogP contribution is 2.36. The maximum atomic E-state index is 12.6. The number of nitrogens with zero attached hydrogens (tertiary/aromatic N) is 2. The molecule has 1 heterocycles. The Morgan fingerprint density at radius 1 is 1.16 bits per heavy atom. The van der Waals surface area contributed by atoms with Gasteiger partial charge in [0.15, 0.2) is 0 Å². The number of amides is 3. The molecule has 3 amide bonds. The molecular formula is C27H37N5O5. The van der Waals surface area contributed by atoms with Crippen molar-refractivity contribution in [1.82, 2.24) is 15.9 Å². The van der Waals surface area contributed by atoms with E-state index in [1.807, 2.05) is 42.5 Å². The fourth-order valence-corrected chi connectivity index (χ4v) is 4.40. The molecule has 0 saturated carbocycles. The van der Waals surface area contributed by atoms with Crippen LogP contribution in [0.5, 0.6) is 5.75 Å². The van der Waals surface area contributed by atoms with E-state index in [-0.39, 0.29) is 31.4 Å². The third-order valence-electron chi connectivity index (χ3n) is 6.45. The van der Waals surface area contributed by atoms with Gasteiger partial charge in [0, 0.05) is 13.0 Å². The van der Waals surface area contributed by atoms with Crippen molar-refractivity contribution < 1.29 is 24.3 Å². The maximum absolute atomic E-state index is 12.6. The molecule has 200 valence electrons. The Bertz CT molecular complexity index is 1030. The fourth-order valence-electron chi connectivity index (χ4n) is 4.40. The minimum Gasteiger partial charge on any atom is -0.497 e. The molecule has 37 heavy (non-hydrogen) atoms. The zero-order valence-electron chi connectivity index (χ0n) is 21.5. The van der Waals surface area contributed by atoms with E-state index in [1.165, 1.54) is 0 Å². The summed E-state index contributed by atoms with van der Waals surface area (Å²) in [6, 6.07) is 15.9. The summed E-state index contributed by atoms with van der Waals surface area (Å²) < 4.78 is 5.25. The fraction of sp³-hybridized carbons (Fsp3) is 0.444. The monoisotopic (exact) mass is 511 g/mol. The average Bonchev–Trinajstić information content (AvgIpc) is 3.27. The minimum absolute atomic E-state index is 0.0988. The summed E-state index contributed by atoms with van der Waals surface area (Å²) in [6.07, 6.45) is 4.08. The standard InChI is InChI=1S/C27H37N5O5/c1-3-4-5-8-21(18-31(36)19-33)27(35)30-29-26(34)16-15-25-28-23-9-6-7-10-24(23)32(25)17-20-11-13-22(37-2)14-12-20/h6-7,9-14,19,21,25,28,36H,3-5,8,15-18H2,1-2H3,(H,29,34)(H,30,35)/t21-,25?/m1/s1. The summed E-state index contributed by atoms with van der Waals surface area (Å²) >= 11 is 0. The second-order valence-electron chi connectivity index (χ2n) is 9.15. The lowest BCUT2D eigenvalue weighted by atomic mass is 10.0. The lowest BCUT2D eigenvalue weighted by Gasteiger charge is -2.27. The van der Waals surface area contributed by atoms with Crippen LogP contribution in [0.1, 0.15) is 51.0 Å². The number of nitrogens with one attached hydrogen (secondary N) is 3. The number of anilines is 2. The van der Waals surface area contributed by atoms with Crippen molar-refractivity contribution >= 4 is 29.6 Å². The van der Waals surface area contributed by atoms with E-state index in [4.69, 9.17) is 4.74 Å². The smallest absolute Gasteiger partial charge is 0.243 e. The van der Waals surface area contributed by atoms with E-state index < -0.39 is 11.8 Å². The van der Waals surface area contributed by atoms with Crippen molar-refractivity contribution in [3.05, 3.63) is 54.1 Å². The van der Waals surface area contributed by atoms with Crippen LogP contribution in [0.2, 0.25) is 0 Å². The van der Waals surface area contributed by atoms with Gasteiger partial charge in [0.25, 0.3) is 0 Å². The van der Waals surface area contributed by atoms with Crippen LogP contribution in [0.15, 0.2) is 48.5 Å². The molecule has 2 atom stereocenters. The number of carbonyl (C=O) groups is 3. The van der Waals surface area contributed by atoms with E-state index in [0.29, 0.717) is 24.4 Å². The van der Waals surface area contributed by atoms with Gasteiger partial charge in [-0.2, -0.15) is 0 Å². The van der Waals surface area contributed by atoms with Crippen LogP contribution in [0.3, 0.4) is 0 Å². The topological polar surface area (TPSA) is 123 Å². The molecule has 10 nitrogen and oxygen atoms in total. The highest BCUT2D eigenvalue weighted by molar-refractivity contribution is 5.84. The van der Waals surface area contributed by atoms with E-state index in [2.05, 4.69) is 34.1 Å². The number of carbonyl (C=O) groups excluding carboxylic acids is 3. The predicted molar refractivity (Wildman–Crippen MR) is 141 cm³/mol. The van der Waals surface area contributed by atoms with E-state index in [9.17, 15) is 19.6 Å². The van der Waals surface area contributed by atoms with Crippen molar-refractivity contribution in [3.63, 3.8) is 0 Å². The molecule has 0 spiro atoms. The third-order valence-corrected chi connectivity index (χ3v) is 6.45. The Morgan fingerprint density at radius 2 is 1.92 bits per heavy atom. The van der Waals surface area contributed by atoms with Gasteiger partial charge in [-0.15, -0.1) is 0 Å².